The molecule has 0 aliphatic carbocycles. The fourth-order valence-corrected chi connectivity index (χ4v) is 3.51. The number of anilines is 2. The Kier molecular flexibility index (Phi) is 5.58. The summed E-state index contributed by atoms with van der Waals surface area (Å²) >= 11 is 1.52. The zero-order valence-corrected chi connectivity index (χ0v) is 16.6. The molecule has 4 rings (SSSR count). The molecule has 0 fully saturated rings. The van der Waals surface area contributed by atoms with Gasteiger partial charge in [-0.15, -0.1) is 11.3 Å². The van der Waals surface area contributed by atoms with Crippen LogP contribution in [0.4, 0.5) is 10.9 Å². The van der Waals surface area contributed by atoms with E-state index in [0.29, 0.717) is 12.4 Å². The lowest BCUT2D eigenvalue weighted by Gasteiger charge is -2.05. The summed E-state index contributed by atoms with van der Waals surface area (Å²) < 4.78 is 0. The van der Waals surface area contributed by atoms with Crippen LogP contribution in [0.5, 0.6) is 0 Å². The Morgan fingerprint density at radius 3 is 2.48 bits per heavy atom. The highest BCUT2D eigenvalue weighted by molar-refractivity contribution is 7.14. The normalized spacial score (nSPS) is 10.5. The molecule has 0 atom stereocenters. The number of hydrogen-bond donors (Lipinski definition) is 2. The van der Waals surface area contributed by atoms with Gasteiger partial charge in [0.15, 0.2) is 5.13 Å². The maximum Gasteiger partial charge on any atom is 0.217 e. The predicted molar refractivity (Wildman–Crippen MR) is 116 cm³/mol. The van der Waals surface area contributed by atoms with Gasteiger partial charge in [0.1, 0.15) is 12.1 Å². The van der Waals surface area contributed by atoms with E-state index in [2.05, 4.69) is 25.6 Å². The molecule has 0 aliphatic heterocycles. The molecule has 0 spiro atoms. The molecule has 0 unspecified atom stereocenters. The van der Waals surface area contributed by atoms with E-state index >= 15 is 0 Å². The largest absolute Gasteiger partial charge is 0.352 e. The van der Waals surface area contributed by atoms with Gasteiger partial charge >= 0.3 is 0 Å². The van der Waals surface area contributed by atoms with Crippen LogP contribution in [0.25, 0.3) is 22.5 Å². The van der Waals surface area contributed by atoms with E-state index < -0.39 is 0 Å². The zero-order chi connectivity index (χ0) is 20.1. The molecule has 6 nitrogen and oxygen atoms in total. The van der Waals surface area contributed by atoms with E-state index in [1.165, 1.54) is 18.3 Å². The summed E-state index contributed by atoms with van der Waals surface area (Å²) in [5, 5.41) is 8.82. The number of nitrogens with one attached hydrogen (secondary N) is 2. The van der Waals surface area contributed by atoms with Crippen LogP contribution in [0.1, 0.15) is 12.5 Å². The molecule has 0 saturated carbocycles. The molecule has 2 N–H and O–H groups in total. The van der Waals surface area contributed by atoms with Crippen LogP contribution in [0, 0.1) is 0 Å². The molecule has 0 aliphatic rings. The van der Waals surface area contributed by atoms with Gasteiger partial charge in [-0.2, -0.15) is 0 Å². The minimum Gasteiger partial charge on any atom is -0.352 e. The second-order valence-corrected chi connectivity index (χ2v) is 7.28. The summed E-state index contributed by atoms with van der Waals surface area (Å²) in [6, 6.07) is 19.9. The third kappa shape index (κ3) is 4.83. The minimum atomic E-state index is -0.0376. The molecule has 2 aromatic heterocycles. The van der Waals surface area contributed by atoms with Crippen molar-refractivity contribution in [3.05, 3.63) is 77.9 Å². The van der Waals surface area contributed by atoms with Crippen LogP contribution in [0.15, 0.2) is 72.4 Å². The summed E-state index contributed by atoms with van der Waals surface area (Å²) in [6.07, 6.45) is 1.55. The fraction of sp³-hybridized carbons (Fsp3) is 0.0909. The van der Waals surface area contributed by atoms with Crippen LogP contribution in [0.3, 0.4) is 0 Å². The van der Waals surface area contributed by atoms with Gasteiger partial charge in [0.05, 0.1) is 11.4 Å². The van der Waals surface area contributed by atoms with E-state index in [0.717, 1.165) is 33.2 Å². The van der Waals surface area contributed by atoms with Gasteiger partial charge in [-0.05, 0) is 5.56 Å². The Labute approximate surface area is 172 Å². The SMILES string of the molecule is CC(=O)NCc1ccc(-c2csc(Nc3cc(-c4ccccc4)ncn3)n2)cc1. The number of thiazole rings is 1. The van der Waals surface area contributed by atoms with E-state index in [1.54, 1.807) is 6.33 Å². The lowest BCUT2D eigenvalue weighted by molar-refractivity contribution is -0.119. The van der Waals surface area contributed by atoms with Crippen LogP contribution in [0.2, 0.25) is 0 Å². The lowest BCUT2D eigenvalue weighted by Crippen LogP contribution is -2.18. The maximum atomic E-state index is 11.0. The lowest BCUT2D eigenvalue weighted by atomic mass is 10.1. The van der Waals surface area contributed by atoms with Gasteiger partial charge in [-0.25, -0.2) is 15.0 Å². The van der Waals surface area contributed by atoms with Crippen molar-refractivity contribution in [2.24, 2.45) is 0 Å². The number of carbonyl (C=O) groups is 1. The third-order valence-electron chi connectivity index (χ3n) is 4.27. The first kappa shape index (κ1) is 18.8. The van der Waals surface area contributed by atoms with Crippen LogP contribution >= 0.6 is 11.3 Å². The van der Waals surface area contributed by atoms with Crippen LogP contribution < -0.4 is 10.6 Å². The molecule has 2 heterocycles. The van der Waals surface area contributed by atoms with Gasteiger partial charge in [-0.3, -0.25) is 4.79 Å². The van der Waals surface area contributed by atoms with Gasteiger partial charge in [0.2, 0.25) is 5.91 Å². The summed E-state index contributed by atoms with van der Waals surface area (Å²) in [6.45, 7) is 2.04. The average Bonchev–Trinajstić information content (AvgIpc) is 3.22. The highest BCUT2D eigenvalue weighted by Gasteiger charge is 2.07. The molecule has 1 amide bonds. The number of aromatic nitrogens is 3. The Morgan fingerprint density at radius 2 is 1.72 bits per heavy atom. The first-order valence-corrected chi connectivity index (χ1v) is 9.99. The minimum absolute atomic E-state index is 0.0376. The number of nitrogens with zero attached hydrogens (tertiary/aromatic N) is 3. The molecule has 0 saturated heterocycles. The Bertz CT molecular complexity index is 1110. The predicted octanol–water partition coefficient (Wildman–Crippen LogP) is 4.65. The highest BCUT2D eigenvalue weighted by Crippen LogP contribution is 2.27. The Morgan fingerprint density at radius 1 is 0.966 bits per heavy atom. The summed E-state index contributed by atoms with van der Waals surface area (Å²) in [4.78, 5) is 24.3. The summed E-state index contributed by atoms with van der Waals surface area (Å²) in [5.41, 5.74) is 4.85. The second kappa shape index (κ2) is 8.62. The average molecular weight is 401 g/mol. The molecule has 0 radical (unpaired) electrons. The molecule has 7 heteroatoms. The Hall–Kier alpha value is -3.58. The van der Waals surface area contributed by atoms with Crippen molar-refractivity contribution in [2.45, 2.75) is 13.5 Å². The number of rotatable bonds is 6. The van der Waals surface area contributed by atoms with E-state index in [1.807, 2.05) is 66.0 Å². The Balaban J connectivity index is 1.46. The van der Waals surface area contributed by atoms with E-state index in [9.17, 15) is 4.79 Å². The quantitative estimate of drug-likeness (QED) is 0.492. The molecule has 4 aromatic rings. The standard InChI is InChI=1S/C22H19N5OS/c1-15(28)23-12-16-7-9-18(10-8-16)20-13-29-22(26-20)27-21-11-19(24-14-25-21)17-5-3-2-4-6-17/h2-11,13-14H,12H2,1H3,(H,23,28)(H,24,25,26,27). The first-order chi connectivity index (χ1) is 14.2. The van der Waals surface area contributed by atoms with Crippen molar-refractivity contribution in [1.29, 1.82) is 0 Å². The topological polar surface area (TPSA) is 79.8 Å². The monoisotopic (exact) mass is 401 g/mol. The van der Waals surface area contributed by atoms with Gasteiger partial charge < -0.3 is 10.6 Å². The van der Waals surface area contributed by atoms with Crippen molar-refractivity contribution in [1.82, 2.24) is 20.3 Å². The van der Waals surface area contributed by atoms with Crippen molar-refractivity contribution in [2.75, 3.05) is 5.32 Å². The van der Waals surface area contributed by atoms with Gasteiger partial charge in [0, 0.05) is 36.0 Å². The van der Waals surface area contributed by atoms with Crippen molar-refractivity contribution < 1.29 is 4.79 Å². The first-order valence-electron chi connectivity index (χ1n) is 9.11. The number of amides is 1. The van der Waals surface area contributed by atoms with Crippen molar-refractivity contribution in [3.8, 4) is 22.5 Å². The highest BCUT2D eigenvalue weighted by atomic mass is 32.1. The molecule has 2 aromatic carbocycles. The van der Waals surface area contributed by atoms with Crippen LogP contribution in [-0.2, 0) is 11.3 Å². The van der Waals surface area contributed by atoms with Gasteiger partial charge in [0.25, 0.3) is 0 Å². The molecule has 0 bridgehead atoms. The number of carbonyl (C=O) groups excluding carboxylic acids is 1. The fourth-order valence-electron chi connectivity index (χ4n) is 2.79. The maximum absolute atomic E-state index is 11.0. The molecule has 29 heavy (non-hydrogen) atoms. The van der Waals surface area contributed by atoms with Crippen molar-refractivity contribution >= 4 is 28.2 Å². The summed E-state index contributed by atoms with van der Waals surface area (Å²) in [7, 11) is 0. The zero-order valence-electron chi connectivity index (χ0n) is 15.8. The van der Waals surface area contributed by atoms with Crippen molar-refractivity contribution in [3.63, 3.8) is 0 Å². The molecular weight excluding hydrogens is 382 g/mol. The van der Waals surface area contributed by atoms with E-state index in [-0.39, 0.29) is 5.91 Å². The third-order valence-corrected chi connectivity index (χ3v) is 5.02. The molecule has 144 valence electrons. The van der Waals surface area contributed by atoms with Gasteiger partial charge in [-0.1, -0.05) is 54.6 Å². The smallest absolute Gasteiger partial charge is 0.217 e. The van der Waals surface area contributed by atoms with E-state index in [4.69, 9.17) is 0 Å². The van der Waals surface area contributed by atoms with Crippen LogP contribution in [-0.4, -0.2) is 20.9 Å². The molecular formula is C22H19N5OS. The number of hydrogen-bond acceptors (Lipinski definition) is 6. The summed E-state index contributed by atoms with van der Waals surface area (Å²) in [5.74, 6) is 0.662. The number of benzene rings is 2. The second-order valence-electron chi connectivity index (χ2n) is 6.42.